The molecule has 90 valence electrons. The van der Waals surface area contributed by atoms with Crippen LogP contribution in [0.1, 0.15) is 43.2 Å². The Bertz CT molecular complexity index is 334. The lowest BCUT2D eigenvalue weighted by Gasteiger charge is -2.39. The molecule has 3 heteroatoms. The van der Waals surface area contributed by atoms with E-state index in [0.29, 0.717) is 12.1 Å². The van der Waals surface area contributed by atoms with Crippen LogP contribution < -0.4 is 5.73 Å². The summed E-state index contributed by atoms with van der Waals surface area (Å²) >= 11 is 1.91. The van der Waals surface area contributed by atoms with Crippen molar-refractivity contribution in [3.05, 3.63) is 21.9 Å². The molecule has 2 N–H and O–H groups in total. The predicted molar refractivity (Wildman–Crippen MR) is 70.9 cm³/mol. The normalized spacial score (nSPS) is 23.1. The number of fused-ring (bicyclic) bond motifs is 1. The van der Waals surface area contributed by atoms with Crippen molar-refractivity contribution in [3.8, 4) is 0 Å². The van der Waals surface area contributed by atoms with E-state index >= 15 is 0 Å². The largest absolute Gasteiger partial charge is 0.329 e. The molecule has 0 bridgehead atoms. The molecule has 0 fully saturated rings. The van der Waals surface area contributed by atoms with Gasteiger partial charge in [-0.15, -0.1) is 11.3 Å². The molecule has 1 aromatic heterocycles. The van der Waals surface area contributed by atoms with Crippen molar-refractivity contribution in [2.24, 2.45) is 5.73 Å². The molecular weight excluding hydrogens is 216 g/mol. The lowest BCUT2D eigenvalue weighted by Crippen LogP contribution is -2.45. The van der Waals surface area contributed by atoms with Crippen LogP contribution in [0.3, 0.4) is 0 Å². The van der Waals surface area contributed by atoms with Gasteiger partial charge in [-0.25, -0.2) is 0 Å². The highest BCUT2D eigenvalue weighted by molar-refractivity contribution is 7.10. The fourth-order valence-electron chi connectivity index (χ4n) is 2.78. The van der Waals surface area contributed by atoms with Crippen LogP contribution >= 0.6 is 11.3 Å². The van der Waals surface area contributed by atoms with E-state index in [-0.39, 0.29) is 0 Å². The van der Waals surface area contributed by atoms with E-state index in [0.717, 1.165) is 6.54 Å². The van der Waals surface area contributed by atoms with E-state index in [9.17, 15) is 0 Å². The van der Waals surface area contributed by atoms with E-state index in [1.165, 1.54) is 31.4 Å². The van der Waals surface area contributed by atoms with Crippen LogP contribution in [-0.2, 0) is 6.42 Å². The summed E-state index contributed by atoms with van der Waals surface area (Å²) in [5, 5.41) is 2.22. The quantitative estimate of drug-likeness (QED) is 0.874. The monoisotopic (exact) mass is 238 g/mol. The van der Waals surface area contributed by atoms with Gasteiger partial charge in [-0.05, 0) is 36.8 Å². The Morgan fingerprint density at radius 1 is 1.62 bits per heavy atom. The zero-order chi connectivity index (χ0) is 11.5. The van der Waals surface area contributed by atoms with Gasteiger partial charge in [-0.1, -0.05) is 13.3 Å². The van der Waals surface area contributed by atoms with Crippen LogP contribution in [0.5, 0.6) is 0 Å². The summed E-state index contributed by atoms with van der Waals surface area (Å²) in [6.07, 6.45) is 3.65. The van der Waals surface area contributed by atoms with Crippen LogP contribution in [0.15, 0.2) is 11.4 Å². The molecule has 16 heavy (non-hydrogen) atoms. The van der Waals surface area contributed by atoms with Crippen molar-refractivity contribution in [3.63, 3.8) is 0 Å². The standard InChI is InChI=1S/C13H22N2S/c1-3-4-11(9-14)15-7-5-13-12(10(15)2)6-8-16-13/h6,8,10-11H,3-5,7,9,14H2,1-2H3. The lowest BCUT2D eigenvalue weighted by atomic mass is 9.97. The molecule has 1 aliphatic heterocycles. The average molecular weight is 238 g/mol. The summed E-state index contributed by atoms with van der Waals surface area (Å²) in [4.78, 5) is 4.18. The molecule has 1 aliphatic rings. The number of thiophene rings is 1. The zero-order valence-electron chi connectivity index (χ0n) is 10.3. The molecule has 0 aromatic carbocycles. The highest BCUT2D eigenvalue weighted by Crippen LogP contribution is 2.34. The molecule has 2 heterocycles. The van der Waals surface area contributed by atoms with E-state index in [2.05, 4.69) is 30.2 Å². The van der Waals surface area contributed by atoms with E-state index in [1.54, 1.807) is 4.88 Å². The molecule has 0 spiro atoms. The Kier molecular flexibility index (Phi) is 4.00. The Hall–Kier alpha value is -0.380. The Labute approximate surface area is 102 Å². The molecule has 2 nitrogen and oxygen atoms in total. The maximum Gasteiger partial charge on any atom is 0.0334 e. The maximum absolute atomic E-state index is 5.91. The first-order valence-electron chi connectivity index (χ1n) is 6.30. The van der Waals surface area contributed by atoms with E-state index < -0.39 is 0 Å². The summed E-state index contributed by atoms with van der Waals surface area (Å²) in [5.74, 6) is 0. The molecule has 2 unspecified atom stereocenters. The third-order valence-corrected chi connectivity index (χ3v) is 4.68. The number of rotatable bonds is 4. The Morgan fingerprint density at radius 2 is 2.44 bits per heavy atom. The summed E-state index contributed by atoms with van der Waals surface area (Å²) in [6, 6.07) is 3.40. The van der Waals surface area contributed by atoms with Gasteiger partial charge >= 0.3 is 0 Å². The van der Waals surface area contributed by atoms with Gasteiger partial charge in [0.25, 0.3) is 0 Å². The van der Waals surface area contributed by atoms with Gasteiger partial charge in [0.1, 0.15) is 0 Å². The molecule has 2 atom stereocenters. The van der Waals surface area contributed by atoms with Crippen molar-refractivity contribution >= 4 is 11.3 Å². The predicted octanol–water partition coefficient (Wildman–Crippen LogP) is 2.79. The number of hydrogen-bond acceptors (Lipinski definition) is 3. The summed E-state index contributed by atoms with van der Waals surface area (Å²) < 4.78 is 0. The minimum absolute atomic E-state index is 0.551. The Balaban J connectivity index is 2.13. The minimum Gasteiger partial charge on any atom is -0.329 e. The second-order valence-electron chi connectivity index (χ2n) is 4.64. The third-order valence-electron chi connectivity index (χ3n) is 3.69. The number of nitrogens with zero attached hydrogens (tertiary/aromatic N) is 1. The highest BCUT2D eigenvalue weighted by atomic mass is 32.1. The fraction of sp³-hybridized carbons (Fsp3) is 0.692. The molecule has 0 radical (unpaired) electrons. The van der Waals surface area contributed by atoms with Crippen LogP contribution in [0, 0.1) is 0 Å². The summed E-state index contributed by atoms with van der Waals surface area (Å²) in [7, 11) is 0. The highest BCUT2D eigenvalue weighted by Gasteiger charge is 2.28. The van der Waals surface area contributed by atoms with Crippen LogP contribution in [0.25, 0.3) is 0 Å². The second kappa shape index (κ2) is 5.30. The molecule has 1 aromatic rings. The van der Waals surface area contributed by atoms with Crippen molar-refractivity contribution in [2.45, 2.75) is 45.2 Å². The first-order chi connectivity index (χ1) is 7.77. The smallest absolute Gasteiger partial charge is 0.0334 e. The van der Waals surface area contributed by atoms with Gasteiger partial charge in [0.2, 0.25) is 0 Å². The molecule has 0 saturated carbocycles. The van der Waals surface area contributed by atoms with Crippen molar-refractivity contribution < 1.29 is 0 Å². The molecule has 0 saturated heterocycles. The fourth-order valence-corrected chi connectivity index (χ4v) is 3.74. The third kappa shape index (κ3) is 2.17. The molecule has 0 amide bonds. The minimum atomic E-state index is 0.551. The first-order valence-corrected chi connectivity index (χ1v) is 7.18. The van der Waals surface area contributed by atoms with Gasteiger partial charge in [-0.2, -0.15) is 0 Å². The summed E-state index contributed by atoms with van der Waals surface area (Å²) in [6.45, 7) is 6.53. The van der Waals surface area contributed by atoms with E-state index in [1.807, 2.05) is 11.3 Å². The van der Waals surface area contributed by atoms with Gasteiger partial charge in [0, 0.05) is 30.1 Å². The average Bonchev–Trinajstić information content (AvgIpc) is 2.76. The van der Waals surface area contributed by atoms with Crippen LogP contribution in [0.2, 0.25) is 0 Å². The van der Waals surface area contributed by atoms with E-state index in [4.69, 9.17) is 5.73 Å². The number of hydrogen-bond donors (Lipinski definition) is 1. The van der Waals surface area contributed by atoms with Gasteiger partial charge in [0.15, 0.2) is 0 Å². The van der Waals surface area contributed by atoms with Gasteiger partial charge < -0.3 is 5.73 Å². The topological polar surface area (TPSA) is 29.3 Å². The molecule has 0 aliphatic carbocycles. The molecular formula is C13H22N2S. The van der Waals surface area contributed by atoms with Crippen molar-refractivity contribution in [1.82, 2.24) is 4.90 Å². The maximum atomic E-state index is 5.91. The molecule has 2 rings (SSSR count). The first kappa shape index (κ1) is 12.1. The van der Waals surface area contributed by atoms with Crippen molar-refractivity contribution in [1.29, 1.82) is 0 Å². The number of nitrogens with two attached hydrogens (primary N) is 1. The van der Waals surface area contributed by atoms with Crippen molar-refractivity contribution in [2.75, 3.05) is 13.1 Å². The lowest BCUT2D eigenvalue weighted by molar-refractivity contribution is 0.131. The van der Waals surface area contributed by atoms with Crippen LogP contribution in [-0.4, -0.2) is 24.0 Å². The second-order valence-corrected chi connectivity index (χ2v) is 5.64. The SMILES string of the molecule is CCCC(CN)N1CCc2sccc2C1C. The zero-order valence-corrected chi connectivity index (χ0v) is 11.1. The summed E-state index contributed by atoms with van der Waals surface area (Å²) in [5.41, 5.74) is 7.44. The Morgan fingerprint density at radius 3 is 3.12 bits per heavy atom. The van der Waals surface area contributed by atoms with Crippen LogP contribution in [0.4, 0.5) is 0 Å². The van der Waals surface area contributed by atoms with Gasteiger partial charge in [-0.3, -0.25) is 4.90 Å². The van der Waals surface area contributed by atoms with Gasteiger partial charge in [0.05, 0.1) is 0 Å².